The van der Waals surface area contributed by atoms with Gasteiger partial charge < -0.3 is 4.42 Å². The summed E-state index contributed by atoms with van der Waals surface area (Å²) in [5, 5.41) is 2.35. The molecule has 0 saturated carbocycles. The third-order valence-corrected chi connectivity index (χ3v) is 9.41. The average molecular weight is 779 g/mol. The maximum atomic E-state index is 6.03. The van der Waals surface area contributed by atoms with Crippen molar-refractivity contribution in [3.05, 3.63) is 217 Å². The smallest absolute Gasteiger partial charge is 0.136 e. The molecule has 304 valence electrons. The quantitative estimate of drug-likeness (QED) is 0.157. The van der Waals surface area contributed by atoms with Crippen LogP contribution in [0.15, 0.2) is 199 Å². The van der Waals surface area contributed by atoms with E-state index in [2.05, 4.69) is 168 Å². The first-order chi connectivity index (χ1) is 28.9. The molecule has 1 nitrogen and oxygen atoms in total. The minimum atomic E-state index is 0.916. The Bertz CT molecular complexity index is 2360. The number of rotatable bonds is 7. The normalized spacial score (nSPS) is 10.2. The molecule has 0 radical (unpaired) electrons. The molecule has 0 unspecified atom stereocenters. The molecule has 0 fully saturated rings. The lowest BCUT2D eigenvalue weighted by molar-refractivity contribution is 0.669. The zero-order valence-electron chi connectivity index (χ0n) is 37.1. The number of hydrogen-bond acceptors (Lipinski definition) is 1. The van der Waals surface area contributed by atoms with E-state index in [1.165, 1.54) is 73.7 Å². The summed E-state index contributed by atoms with van der Waals surface area (Å²) in [4.78, 5) is 0. The van der Waals surface area contributed by atoms with Crippen LogP contribution in [0.4, 0.5) is 0 Å². The summed E-state index contributed by atoms with van der Waals surface area (Å²) >= 11 is 0. The van der Waals surface area contributed by atoms with Crippen LogP contribution in [0.3, 0.4) is 0 Å². The predicted molar refractivity (Wildman–Crippen MR) is 264 cm³/mol. The summed E-state index contributed by atoms with van der Waals surface area (Å²) in [7, 11) is 0. The number of furan rings is 1. The van der Waals surface area contributed by atoms with Gasteiger partial charge in [0.15, 0.2) is 0 Å². The van der Waals surface area contributed by atoms with Crippen LogP contribution in [0.25, 0.3) is 55.3 Å². The number of unbranched alkanes of at least 4 members (excludes halogenated alkanes) is 1. The van der Waals surface area contributed by atoms with Crippen molar-refractivity contribution in [3.8, 4) is 22.3 Å². The Kier molecular flexibility index (Phi) is 21.3. The maximum Gasteiger partial charge on any atom is 0.136 e. The monoisotopic (exact) mass is 779 g/mol. The minimum Gasteiger partial charge on any atom is -0.456 e. The summed E-state index contributed by atoms with van der Waals surface area (Å²) in [6.45, 7) is 22.7. The first-order valence-corrected chi connectivity index (χ1v) is 21.4. The molecule has 8 rings (SSSR count). The standard InChI is InChI=1S/C28H22O.C16H16.C6H6.C4H10.2C2H6/c1-20(11-12-21-13-15-23(16-14-21)22-7-3-2-4-8-22)24-17-18-26-25-9-5-6-10-27(25)29-28(26)19-24;1-12(2)14-7-5-9-16(11-14)15-8-4-6-13(3)10-15;1-2-4-6-5-3-1;1-3-4-2;2*1-2/h2-11,13-19H,12H2,1H3;4-11H,1H2,2-3H3;1-6H;3-4H2,1-2H3;2*1-2H3/b20-11+;;;;;. The van der Waals surface area contributed by atoms with E-state index in [0.29, 0.717) is 0 Å². The van der Waals surface area contributed by atoms with E-state index in [-0.39, 0.29) is 0 Å². The molecule has 8 aromatic rings. The lowest BCUT2D eigenvalue weighted by Gasteiger charge is -2.06. The summed E-state index contributed by atoms with van der Waals surface area (Å²) in [6, 6.07) is 63.1. The molecule has 0 aliphatic heterocycles. The third kappa shape index (κ3) is 15.3. The van der Waals surface area contributed by atoms with E-state index in [1.807, 2.05) is 89.2 Å². The number of para-hydroxylation sites is 1. The van der Waals surface area contributed by atoms with Crippen LogP contribution < -0.4 is 0 Å². The lowest BCUT2D eigenvalue weighted by atomic mass is 9.99. The molecule has 0 saturated heterocycles. The van der Waals surface area contributed by atoms with E-state index in [4.69, 9.17) is 4.42 Å². The molecule has 1 aromatic heterocycles. The number of fused-ring (bicyclic) bond motifs is 3. The van der Waals surface area contributed by atoms with Gasteiger partial charge in [0.2, 0.25) is 0 Å². The maximum absolute atomic E-state index is 6.03. The van der Waals surface area contributed by atoms with Crippen molar-refractivity contribution in [1.82, 2.24) is 0 Å². The first kappa shape index (κ1) is 47.2. The number of hydrogen-bond donors (Lipinski definition) is 0. The van der Waals surface area contributed by atoms with Crippen LogP contribution >= 0.6 is 0 Å². The minimum absolute atomic E-state index is 0.916. The van der Waals surface area contributed by atoms with Gasteiger partial charge in [0.05, 0.1) is 0 Å². The SMILES string of the molecule is C/C(=C\Cc1ccc(-c2ccccc2)cc1)c1ccc2c(c1)oc1ccccc12.C=C(C)c1cccc(-c2cccc(C)c2)c1.CC.CC.CCCC.c1ccccc1. The average Bonchev–Trinajstić information content (AvgIpc) is 3.69. The highest BCUT2D eigenvalue weighted by atomic mass is 16.3. The van der Waals surface area contributed by atoms with E-state index in [0.717, 1.165) is 23.2 Å². The van der Waals surface area contributed by atoms with Gasteiger partial charge in [-0.1, -0.05) is 236 Å². The Balaban J connectivity index is 0.000000259. The zero-order chi connectivity index (χ0) is 42.8. The summed E-state index contributed by atoms with van der Waals surface area (Å²) < 4.78 is 6.03. The van der Waals surface area contributed by atoms with Gasteiger partial charge >= 0.3 is 0 Å². The first-order valence-electron chi connectivity index (χ1n) is 21.4. The third-order valence-electron chi connectivity index (χ3n) is 9.41. The summed E-state index contributed by atoms with van der Waals surface area (Å²) in [5.74, 6) is 0. The van der Waals surface area contributed by atoms with E-state index >= 15 is 0 Å². The lowest BCUT2D eigenvalue weighted by Crippen LogP contribution is -1.85. The number of aryl methyl sites for hydroxylation is 1. The van der Waals surface area contributed by atoms with Crippen molar-refractivity contribution < 1.29 is 4.42 Å². The molecule has 1 heterocycles. The van der Waals surface area contributed by atoms with Gasteiger partial charge in [0, 0.05) is 10.8 Å². The van der Waals surface area contributed by atoms with Crippen LogP contribution in [-0.4, -0.2) is 0 Å². The highest BCUT2D eigenvalue weighted by Gasteiger charge is 2.08. The summed E-state index contributed by atoms with van der Waals surface area (Å²) in [6.07, 6.45) is 5.85. The predicted octanol–water partition coefficient (Wildman–Crippen LogP) is 18.1. The van der Waals surface area contributed by atoms with Crippen molar-refractivity contribution in [3.63, 3.8) is 0 Å². The van der Waals surface area contributed by atoms with Gasteiger partial charge in [-0.15, -0.1) is 0 Å². The molecule has 0 amide bonds. The van der Waals surface area contributed by atoms with Gasteiger partial charge in [-0.05, 0) is 96.0 Å². The molecule has 59 heavy (non-hydrogen) atoms. The van der Waals surface area contributed by atoms with Crippen LogP contribution in [-0.2, 0) is 6.42 Å². The van der Waals surface area contributed by atoms with E-state index in [1.54, 1.807) is 0 Å². The van der Waals surface area contributed by atoms with Crippen molar-refractivity contribution in [2.75, 3.05) is 0 Å². The van der Waals surface area contributed by atoms with Crippen LogP contribution in [0.5, 0.6) is 0 Å². The van der Waals surface area contributed by atoms with Crippen LogP contribution in [0.2, 0.25) is 0 Å². The molecule has 0 bridgehead atoms. The van der Waals surface area contributed by atoms with Crippen molar-refractivity contribution in [1.29, 1.82) is 0 Å². The second-order valence-electron chi connectivity index (χ2n) is 13.8. The molecule has 0 aliphatic carbocycles. The number of allylic oxidation sites excluding steroid dienone is 3. The molecule has 0 atom stereocenters. The van der Waals surface area contributed by atoms with Crippen LogP contribution in [0.1, 0.15) is 90.5 Å². The fourth-order valence-corrected chi connectivity index (χ4v) is 6.00. The molecule has 1 heteroatoms. The van der Waals surface area contributed by atoms with Gasteiger partial charge in [-0.25, -0.2) is 0 Å². The Morgan fingerprint density at radius 3 is 1.58 bits per heavy atom. The van der Waals surface area contributed by atoms with Crippen molar-refractivity contribution in [2.45, 2.75) is 81.6 Å². The molecule has 0 N–H and O–H groups in total. The molecular formula is C58H66O. The Morgan fingerprint density at radius 1 is 0.475 bits per heavy atom. The van der Waals surface area contributed by atoms with Crippen molar-refractivity contribution in [2.24, 2.45) is 0 Å². The van der Waals surface area contributed by atoms with Gasteiger partial charge in [-0.3, -0.25) is 0 Å². The fourth-order valence-electron chi connectivity index (χ4n) is 6.00. The molecule has 0 aliphatic rings. The van der Waals surface area contributed by atoms with E-state index < -0.39 is 0 Å². The van der Waals surface area contributed by atoms with Crippen molar-refractivity contribution >= 4 is 33.1 Å². The fraction of sp³-hybridized carbons (Fsp3) is 0.207. The Morgan fingerprint density at radius 2 is 0.983 bits per heavy atom. The topological polar surface area (TPSA) is 13.1 Å². The van der Waals surface area contributed by atoms with E-state index in [9.17, 15) is 0 Å². The van der Waals surface area contributed by atoms with Crippen LogP contribution in [0, 0.1) is 6.92 Å². The number of benzene rings is 7. The zero-order valence-corrected chi connectivity index (χ0v) is 37.1. The molecular weight excluding hydrogens is 713 g/mol. The highest BCUT2D eigenvalue weighted by Crippen LogP contribution is 2.31. The Hall–Kier alpha value is -6.18. The second kappa shape index (κ2) is 26.7. The Labute approximate surface area is 356 Å². The van der Waals surface area contributed by atoms with Gasteiger partial charge in [0.1, 0.15) is 11.2 Å². The second-order valence-corrected chi connectivity index (χ2v) is 13.8. The highest BCUT2D eigenvalue weighted by molar-refractivity contribution is 6.05. The molecule has 0 spiro atoms. The summed E-state index contributed by atoms with van der Waals surface area (Å²) in [5.41, 5.74) is 14.3. The van der Waals surface area contributed by atoms with Gasteiger partial charge in [0.25, 0.3) is 0 Å². The van der Waals surface area contributed by atoms with Gasteiger partial charge in [-0.2, -0.15) is 0 Å². The molecule has 7 aromatic carbocycles. The largest absolute Gasteiger partial charge is 0.456 e.